The van der Waals surface area contributed by atoms with E-state index in [1.807, 2.05) is 13.8 Å². The molecule has 48 heavy (non-hydrogen) atoms. The molecular formula is C34H46F4N6O4. The first-order valence-corrected chi connectivity index (χ1v) is 16.8. The number of carbonyl (C=O) groups is 4. The third-order valence-electron chi connectivity index (χ3n) is 9.76. The molecule has 0 aliphatic heterocycles. The van der Waals surface area contributed by atoms with Gasteiger partial charge in [0, 0.05) is 17.8 Å². The molecule has 10 nitrogen and oxygen atoms in total. The third kappa shape index (κ3) is 8.73. The van der Waals surface area contributed by atoms with Gasteiger partial charge in [-0.15, -0.1) is 0 Å². The minimum Gasteiger partial charge on any atom is -0.366 e. The van der Waals surface area contributed by atoms with E-state index in [4.69, 9.17) is 5.73 Å². The average molecular weight is 679 g/mol. The minimum absolute atomic E-state index is 0.129. The number of nitrogens with zero attached hydrogens (tertiary/aromatic N) is 2. The molecule has 4 amide bonds. The number of amides is 4. The molecule has 5 N–H and O–H groups in total. The highest BCUT2D eigenvalue weighted by molar-refractivity contribution is 6.02. The highest BCUT2D eigenvalue weighted by Crippen LogP contribution is 2.42. The van der Waals surface area contributed by atoms with Crippen molar-refractivity contribution in [2.24, 2.45) is 23.5 Å². The summed E-state index contributed by atoms with van der Waals surface area (Å²) in [6, 6.07) is 2.15. The second-order valence-electron chi connectivity index (χ2n) is 13.3. The third-order valence-corrected chi connectivity index (χ3v) is 9.76. The Labute approximate surface area is 278 Å². The number of alkyl halides is 3. The number of nitrogens with two attached hydrogens (primary N) is 1. The smallest absolute Gasteiger partial charge is 0.287 e. The normalized spacial score (nSPS) is 18.0. The van der Waals surface area contributed by atoms with Gasteiger partial charge < -0.3 is 21.7 Å². The van der Waals surface area contributed by atoms with Gasteiger partial charge in [-0.2, -0.15) is 5.10 Å². The van der Waals surface area contributed by atoms with E-state index >= 15 is 4.39 Å². The number of hydrogen-bond donors (Lipinski definition) is 4. The molecule has 2 saturated carbocycles. The Morgan fingerprint density at radius 2 is 1.46 bits per heavy atom. The van der Waals surface area contributed by atoms with Crippen molar-refractivity contribution in [3.05, 3.63) is 47.0 Å². The monoisotopic (exact) mass is 678 g/mol. The first-order chi connectivity index (χ1) is 22.8. The predicted octanol–water partition coefficient (Wildman–Crippen LogP) is 6.00. The Morgan fingerprint density at radius 1 is 0.875 bits per heavy atom. The van der Waals surface area contributed by atoms with E-state index in [0.717, 1.165) is 76.3 Å². The van der Waals surface area contributed by atoms with Gasteiger partial charge in [0.1, 0.15) is 17.6 Å². The first kappa shape index (κ1) is 36.9. The number of carbonyl (C=O) groups excluding carboxylic acids is 4. The van der Waals surface area contributed by atoms with Crippen LogP contribution in [0.25, 0.3) is 0 Å². The van der Waals surface area contributed by atoms with E-state index < -0.39 is 59.8 Å². The maximum absolute atomic E-state index is 15.7. The van der Waals surface area contributed by atoms with Gasteiger partial charge in [0.15, 0.2) is 0 Å². The molecule has 0 radical (unpaired) electrons. The van der Waals surface area contributed by atoms with E-state index in [2.05, 4.69) is 15.7 Å². The summed E-state index contributed by atoms with van der Waals surface area (Å²) in [5.74, 6) is -5.90. The Kier molecular flexibility index (Phi) is 12.6. The summed E-state index contributed by atoms with van der Waals surface area (Å²) in [5, 5.41) is 11.3. The molecule has 264 valence electrons. The summed E-state index contributed by atoms with van der Waals surface area (Å²) < 4.78 is 56.1. The van der Waals surface area contributed by atoms with Gasteiger partial charge in [0.2, 0.25) is 24.0 Å². The van der Waals surface area contributed by atoms with E-state index in [1.165, 1.54) is 18.4 Å². The molecule has 1 heterocycles. The van der Waals surface area contributed by atoms with Gasteiger partial charge in [0.25, 0.3) is 12.3 Å². The van der Waals surface area contributed by atoms with Crippen LogP contribution >= 0.6 is 0 Å². The fourth-order valence-electron chi connectivity index (χ4n) is 7.36. The number of benzene rings is 1. The van der Waals surface area contributed by atoms with Crippen molar-refractivity contribution in [1.82, 2.24) is 20.4 Å². The quantitative estimate of drug-likeness (QED) is 0.152. The lowest BCUT2D eigenvalue weighted by Gasteiger charge is -2.42. The molecular weight excluding hydrogens is 632 g/mol. The number of aromatic nitrogens is 2. The second kappa shape index (κ2) is 16.4. The average Bonchev–Trinajstić information content (AvgIpc) is 3.56. The molecule has 2 fully saturated rings. The lowest BCUT2D eigenvalue weighted by molar-refractivity contribution is -0.126. The summed E-state index contributed by atoms with van der Waals surface area (Å²) in [6.45, 7) is 4.94. The van der Waals surface area contributed by atoms with Crippen molar-refractivity contribution in [1.29, 1.82) is 0 Å². The molecule has 4 rings (SSSR count). The zero-order chi connectivity index (χ0) is 35.1. The molecule has 3 atom stereocenters. The lowest BCUT2D eigenvalue weighted by Crippen LogP contribution is -2.53. The molecule has 14 heteroatoms. The van der Waals surface area contributed by atoms with Gasteiger partial charge >= 0.3 is 0 Å². The van der Waals surface area contributed by atoms with Crippen LogP contribution in [0.15, 0.2) is 24.4 Å². The van der Waals surface area contributed by atoms with Gasteiger partial charge in [-0.3, -0.25) is 23.9 Å². The summed E-state index contributed by atoms with van der Waals surface area (Å²) in [6.07, 6.45) is 4.80. The highest BCUT2D eigenvalue weighted by atomic mass is 19.3. The van der Waals surface area contributed by atoms with Gasteiger partial charge in [0.05, 0.1) is 11.6 Å². The van der Waals surface area contributed by atoms with E-state index in [-0.39, 0.29) is 40.6 Å². The maximum Gasteiger partial charge on any atom is 0.287 e. The summed E-state index contributed by atoms with van der Waals surface area (Å²) in [5.41, 5.74) is 4.77. The topological polar surface area (TPSA) is 148 Å². The molecule has 1 aromatic heterocycles. The van der Waals surface area contributed by atoms with Crippen LogP contribution in [0.2, 0.25) is 0 Å². The molecule has 2 aliphatic rings. The van der Waals surface area contributed by atoms with Crippen LogP contribution in [-0.2, 0) is 9.59 Å². The first-order valence-electron chi connectivity index (χ1n) is 16.8. The molecule has 2 aromatic rings. The minimum atomic E-state index is -3.49. The predicted molar refractivity (Wildman–Crippen MR) is 172 cm³/mol. The molecule has 0 saturated heterocycles. The molecule has 2 aliphatic carbocycles. The number of halogens is 4. The van der Waals surface area contributed by atoms with Gasteiger partial charge in [-0.25, -0.2) is 17.6 Å². The van der Waals surface area contributed by atoms with E-state index in [9.17, 15) is 32.3 Å². The van der Waals surface area contributed by atoms with Crippen LogP contribution in [0.1, 0.15) is 123 Å². The standard InChI is InChI=1S/C34H46F4N6O4/c1-18(2)44-26(14-15-40-44)33(47)42-28(27(20-10-6-4-7-11-20)21-12-8-5-9-13-21)34(48)41-25-17-23(31(39)45)22(16-24(25)35)19(3)32(46)43-30(38)29(36)37/h14-21,27-30H,4-13H2,1-3H3,(H2,39,45)(H,41,48)(H,42,47)(H,43,46)/t19?,28-,30?/m0/s1. The van der Waals surface area contributed by atoms with Crippen LogP contribution in [0, 0.1) is 23.6 Å². The Balaban J connectivity index is 1.71. The van der Waals surface area contributed by atoms with Crippen LogP contribution < -0.4 is 21.7 Å². The number of anilines is 1. The van der Waals surface area contributed by atoms with Crippen LogP contribution in [-0.4, -0.2) is 52.2 Å². The molecule has 0 bridgehead atoms. The number of rotatable bonds is 13. The Bertz CT molecular complexity index is 1440. The summed E-state index contributed by atoms with van der Waals surface area (Å²) in [4.78, 5) is 53.0. The zero-order valence-electron chi connectivity index (χ0n) is 27.6. The largest absolute Gasteiger partial charge is 0.366 e. The Hall–Kier alpha value is -3.97. The van der Waals surface area contributed by atoms with Crippen molar-refractivity contribution in [3.63, 3.8) is 0 Å². The van der Waals surface area contributed by atoms with Crippen molar-refractivity contribution < 1.29 is 36.7 Å². The Morgan fingerprint density at radius 3 is 1.98 bits per heavy atom. The van der Waals surface area contributed by atoms with Crippen LogP contribution in [0.5, 0.6) is 0 Å². The molecule has 0 spiro atoms. The van der Waals surface area contributed by atoms with Crippen LogP contribution in [0.4, 0.5) is 23.2 Å². The summed E-state index contributed by atoms with van der Waals surface area (Å²) >= 11 is 0. The van der Waals surface area contributed by atoms with Gasteiger partial charge in [-0.1, -0.05) is 64.2 Å². The van der Waals surface area contributed by atoms with Crippen molar-refractivity contribution in [3.8, 4) is 0 Å². The SMILES string of the molecule is CC(C(=O)NC(F)C(F)F)c1cc(F)c(NC(=O)[C@@H](NC(=O)c2ccnn2C(C)C)C(C2CCCCC2)C2CCCCC2)cc1C(N)=O. The molecule has 2 unspecified atom stereocenters. The fourth-order valence-corrected chi connectivity index (χ4v) is 7.36. The van der Waals surface area contributed by atoms with Crippen molar-refractivity contribution in [2.75, 3.05) is 5.32 Å². The summed E-state index contributed by atoms with van der Waals surface area (Å²) in [7, 11) is 0. The number of nitrogens with one attached hydrogen (secondary N) is 3. The number of hydrogen-bond acceptors (Lipinski definition) is 5. The van der Waals surface area contributed by atoms with Gasteiger partial charge in [-0.05, 0) is 62.3 Å². The van der Waals surface area contributed by atoms with E-state index in [1.54, 1.807) is 10.7 Å². The fraction of sp³-hybridized carbons (Fsp3) is 0.618. The van der Waals surface area contributed by atoms with Crippen molar-refractivity contribution in [2.45, 2.75) is 116 Å². The van der Waals surface area contributed by atoms with E-state index in [0.29, 0.717) is 0 Å². The molecule has 1 aromatic carbocycles. The maximum atomic E-state index is 15.7. The lowest BCUT2D eigenvalue weighted by atomic mass is 9.66. The second-order valence-corrected chi connectivity index (χ2v) is 13.3. The zero-order valence-corrected chi connectivity index (χ0v) is 27.6. The number of primary amides is 1. The highest BCUT2D eigenvalue weighted by Gasteiger charge is 2.42. The van der Waals surface area contributed by atoms with Crippen molar-refractivity contribution >= 4 is 29.3 Å². The van der Waals surface area contributed by atoms with Crippen LogP contribution in [0.3, 0.4) is 0 Å².